The summed E-state index contributed by atoms with van der Waals surface area (Å²) < 4.78 is 10.4. The number of nitrogens with one attached hydrogen (secondary N) is 1. The summed E-state index contributed by atoms with van der Waals surface area (Å²) in [5, 5.41) is 6.81. The second-order valence-electron chi connectivity index (χ2n) is 7.52. The van der Waals surface area contributed by atoms with Crippen molar-refractivity contribution in [2.45, 2.75) is 32.2 Å². The van der Waals surface area contributed by atoms with Crippen LogP contribution in [0, 0.1) is 12.3 Å². The normalized spacial score (nSPS) is 28.5. The van der Waals surface area contributed by atoms with Crippen molar-refractivity contribution in [3.05, 3.63) is 17.5 Å². The van der Waals surface area contributed by atoms with Crippen molar-refractivity contribution in [2.75, 3.05) is 39.4 Å². The van der Waals surface area contributed by atoms with E-state index in [-0.39, 0.29) is 42.4 Å². The minimum Gasteiger partial charge on any atom is -0.378 e. The predicted molar refractivity (Wildman–Crippen MR) is 92.8 cm³/mol. The summed E-state index contributed by atoms with van der Waals surface area (Å²) in [6, 6.07) is 1.35. The number of hydrogen-bond donors (Lipinski definition) is 1. The van der Waals surface area contributed by atoms with Crippen LogP contribution in [0.2, 0.25) is 0 Å². The zero-order valence-electron chi connectivity index (χ0n) is 15.4. The third-order valence-corrected chi connectivity index (χ3v) is 5.82. The molecule has 0 aromatic carbocycles. The van der Waals surface area contributed by atoms with Gasteiger partial charge in [-0.3, -0.25) is 14.4 Å². The monoisotopic (exact) mass is 376 g/mol. The molecule has 0 aliphatic carbocycles. The van der Waals surface area contributed by atoms with E-state index in [2.05, 4.69) is 10.5 Å². The average Bonchev–Trinajstić information content (AvgIpc) is 3.13. The van der Waals surface area contributed by atoms with E-state index >= 15 is 0 Å². The number of fused-ring (bicyclic) bond motifs is 1. The molecule has 27 heavy (non-hydrogen) atoms. The van der Waals surface area contributed by atoms with Crippen molar-refractivity contribution in [2.24, 2.45) is 5.41 Å². The topological polar surface area (TPSA) is 105 Å². The second kappa shape index (κ2) is 6.95. The third kappa shape index (κ3) is 3.20. The maximum Gasteiger partial charge on any atom is 0.276 e. The van der Waals surface area contributed by atoms with Crippen molar-refractivity contribution < 1.29 is 23.6 Å². The highest BCUT2D eigenvalue weighted by molar-refractivity contribution is 5.94. The summed E-state index contributed by atoms with van der Waals surface area (Å²) >= 11 is 0. The number of morpholine rings is 1. The van der Waals surface area contributed by atoms with Crippen LogP contribution < -0.4 is 5.32 Å². The highest BCUT2D eigenvalue weighted by Crippen LogP contribution is 2.40. The average molecular weight is 376 g/mol. The van der Waals surface area contributed by atoms with Gasteiger partial charge >= 0.3 is 0 Å². The van der Waals surface area contributed by atoms with Crippen molar-refractivity contribution in [1.82, 2.24) is 20.3 Å². The van der Waals surface area contributed by atoms with Crippen LogP contribution in [0.25, 0.3) is 0 Å². The van der Waals surface area contributed by atoms with Crippen LogP contribution in [0.4, 0.5) is 0 Å². The minimum absolute atomic E-state index is 0.00429. The molecule has 0 spiro atoms. The first-order valence-electron chi connectivity index (χ1n) is 9.39. The first-order valence-corrected chi connectivity index (χ1v) is 9.39. The van der Waals surface area contributed by atoms with E-state index in [0.717, 1.165) is 0 Å². The molecular weight excluding hydrogens is 352 g/mol. The number of likely N-dealkylation sites (tertiary alicyclic amines) is 1. The molecule has 9 heteroatoms. The lowest BCUT2D eigenvalue weighted by atomic mass is 9.68. The zero-order valence-corrected chi connectivity index (χ0v) is 15.4. The van der Waals surface area contributed by atoms with E-state index < -0.39 is 5.41 Å². The fraction of sp³-hybridized carbons (Fsp3) is 0.667. The molecule has 146 valence electrons. The quantitative estimate of drug-likeness (QED) is 0.776. The van der Waals surface area contributed by atoms with Crippen LogP contribution in [0.5, 0.6) is 0 Å². The van der Waals surface area contributed by atoms with Crippen molar-refractivity contribution in [3.8, 4) is 0 Å². The van der Waals surface area contributed by atoms with Crippen LogP contribution in [0.15, 0.2) is 10.6 Å². The number of carbonyl (C=O) groups excluding carboxylic acids is 3. The van der Waals surface area contributed by atoms with Gasteiger partial charge in [-0.1, -0.05) is 5.16 Å². The molecule has 0 unspecified atom stereocenters. The summed E-state index contributed by atoms with van der Waals surface area (Å²) in [4.78, 5) is 41.8. The zero-order chi connectivity index (χ0) is 19.0. The molecule has 9 nitrogen and oxygen atoms in total. The molecule has 2 atom stereocenters. The molecule has 0 bridgehead atoms. The Morgan fingerprint density at radius 3 is 2.74 bits per heavy atom. The van der Waals surface area contributed by atoms with E-state index in [1.54, 1.807) is 17.9 Å². The molecule has 4 heterocycles. The molecule has 1 aromatic rings. The van der Waals surface area contributed by atoms with Crippen molar-refractivity contribution in [3.63, 3.8) is 0 Å². The molecule has 3 aliphatic heterocycles. The van der Waals surface area contributed by atoms with Crippen LogP contribution in [0.1, 0.15) is 35.5 Å². The van der Waals surface area contributed by atoms with E-state index in [0.29, 0.717) is 51.4 Å². The maximum atomic E-state index is 13.5. The molecule has 0 radical (unpaired) electrons. The van der Waals surface area contributed by atoms with Gasteiger partial charge in [0, 0.05) is 44.7 Å². The highest BCUT2D eigenvalue weighted by atomic mass is 16.5. The van der Waals surface area contributed by atoms with Gasteiger partial charge in [0.1, 0.15) is 5.76 Å². The van der Waals surface area contributed by atoms with Gasteiger partial charge in [-0.15, -0.1) is 0 Å². The Hall–Kier alpha value is -2.42. The van der Waals surface area contributed by atoms with Gasteiger partial charge in [0.05, 0.1) is 18.6 Å². The molecule has 1 N–H and O–H groups in total. The number of hydrogen-bond acceptors (Lipinski definition) is 6. The van der Waals surface area contributed by atoms with Gasteiger partial charge in [-0.2, -0.15) is 0 Å². The van der Waals surface area contributed by atoms with E-state index in [4.69, 9.17) is 9.26 Å². The highest BCUT2D eigenvalue weighted by Gasteiger charge is 2.54. The number of aromatic nitrogens is 1. The van der Waals surface area contributed by atoms with Gasteiger partial charge in [-0.25, -0.2) is 0 Å². The number of amides is 3. The van der Waals surface area contributed by atoms with Gasteiger partial charge in [-0.05, 0) is 19.8 Å². The Balaban J connectivity index is 1.60. The first-order chi connectivity index (χ1) is 13.0. The first kappa shape index (κ1) is 18.0. The molecule has 3 amide bonds. The number of ether oxygens (including phenoxy) is 1. The summed E-state index contributed by atoms with van der Waals surface area (Å²) in [5.74, 6) is 0.301. The van der Waals surface area contributed by atoms with Gasteiger partial charge < -0.3 is 24.4 Å². The van der Waals surface area contributed by atoms with Gasteiger partial charge in [0.25, 0.3) is 5.91 Å². The van der Waals surface area contributed by atoms with E-state index in [1.165, 1.54) is 0 Å². The second-order valence-corrected chi connectivity index (χ2v) is 7.52. The smallest absolute Gasteiger partial charge is 0.276 e. The molecule has 4 rings (SSSR count). The van der Waals surface area contributed by atoms with Crippen LogP contribution in [-0.4, -0.2) is 78.1 Å². The Labute approximate surface area is 157 Å². The third-order valence-electron chi connectivity index (χ3n) is 5.82. The SMILES string of the molecule is Cc1cc(C(=O)N2CC[C@H]3NC(=O)CC[C@]3(C(=O)N3CCOCC3)C2)no1. The molecule has 0 saturated carbocycles. The number of aryl methyl sites for hydroxylation is 1. The lowest BCUT2D eigenvalue weighted by molar-refractivity contribution is -0.155. The number of nitrogens with zero attached hydrogens (tertiary/aromatic N) is 3. The van der Waals surface area contributed by atoms with Crippen molar-refractivity contribution in [1.29, 1.82) is 0 Å². The number of rotatable bonds is 2. The lowest BCUT2D eigenvalue weighted by Crippen LogP contribution is -2.67. The Morgan fingerprint density at radius 2 is 2.04 bits per heavy atom. The summed E-state index contributed by atoms with van der Waals surface area (Å²) in [7, 11) is 0. The predicted octanol–water partition coefficient (Wildman–Crippen LogP) is -0.0473. The Bertz CT molecular complexity index is 757. The number of carbonyl (C=O) groups is 3. The Morgan fingerprint density at radius 1 is 1.26 bits per heavy atom. The van der Waals surface area contributed by atoms with Gasteiger partial charge in [0.15, 0.2) is 5.69 Å². The molecule has 3 fully saturated rings. The minimum atomic E-state index is -0.794. The summed E-state index contributed by atoms with van der Waals surface area (Å²) in [6.45, 7) is 4.58. The molecule has 1 aromatic heterocycles. The van der Waals surface area contributed by atoms with Crippen molar-refractivity contribution >= 4 is 17.7 Å². The van der Waals surface area contributed by atoms with E-state index in [9.17, 15) is 14.4 Å². The van der Waals surface area contributed by atoms with Crippen LogP contribution >= 0.6 is 0 Å². The lowest BCUT2D eigenvalue weighted by Gasteiger charge is -2.51. The maximum absolute atomic E-state index is 13.5. The molecule has 3 aliphatic rings. The number of piperidine rings is 2. The van der Waals surface area contributed by atoms with Crippen LogP contribution in [0.3, 0.4) is 0 Å². The summed E-state index contributed by atoms with van der Waals surface area (Å²) in [6.07, 6.45) is 1.28. The fourth-order valence-corrected chi connectivity index (χ4v) is 4.37. The van der Waals surface area contributed by atoms with Crippen LogP contribution in [-0.2, 0) is 14.3 Å². The fourth-order valence-electron chi connectivity index (χ4n) is 4.37. The standard InChI is InChI=1S/C18H24N4O5/c1-12-10-13(20-27-12)16(24)22-5-3-14-18(11-22,4-2-15(23)19-14)17(25)21-6-8-26-9-7-21/h10,14H,2-9,11H2,1H3,(H,19,23)/t14-,18+/m1/s1. The van der Waals surface area contributed by atoms with Gasteiger partial charge in [0.2, 0.25) is 11.8 Å². The largest absolute Gasteiger partial charge is 0.378 e. The summed E-state index contributed by atoms with van der Waals surface area (Å²) in [5.41, 5.74) is -0.544. The van der Waals surface area contributed by atoms with E-state index in [1.807, 2.05) is 4.90 Å². The molecular formula is C18H24N4O5. The Kier molecular flexibility index (Phi) is 4.63. The molecule has 3 saturated heterocycles.